The van der Waals surface area contributed by atoms with Crippen LogP contribution in [-0.4, -0.2) is 26.8 Å². The Bertz CT molecular complexity index is 960. The number of benzene rings is 3. The first-order valence-electron chi connectivity index (χ1n) is 10.0. The van der Waals surface area contributed by atoms with E-state index in [9.17, 15) is 9.00 Å². The lowest BCUT2D eigenvalue weighted by Crippen LogP contribution is -2.49. The first-order chi connectivity index (χ1) is 14.2. The summed E-state index contributed by atoms with van der Waals surface area (Å²) in [5, 5.41) is -0.497. The van der Waals surface area contributed by atoms with Crippen molar-refractivity contribution in [2.24, 2.45) is 5.92 Å². The van der Waals surface area contributed by atoms with E-state index in [-0.39, 0.29) is 11.8 Å². The van der Waals surface area contributed by atoms with Gasteiger partial charge in [-0.25, -0.2) is 0 Å². The lowest BCUT2D eigenvalue weighted by molar-refractivity contribution is -0.134. The Morgan fingerprint density at radius 1 is 0.793 bits per heavy atom. The van der Waals surface area contributed by atoms with Crippen LogP contribution in [0.1, 0.15) is 17.5 Å². The van der Waals surface area contributed by atoms with Crippen molar-refractivity contribution < 1.29 is 9.00 Å². The Hall–Kier alpha value is -2.72. The maximum Gasteiger partial charge on any atom is 0.239 e. The summed E-state index contributed by atoms with van der Waals surface area (Å²) in [5.41, 5.74) is 2.36. The molecule has 1 heterocycles. The highest BCUT2D eigenvalue weighted by molar-refractivity contribution is 7.86. The maximum absolute atomic E-state index is 13.3. The average molecular weight is 404 g/mol. The zero-order valence-electron chi connectivity index (χ0n) is 16.3. The summed E-state index contributed by atoms with van der Waals surface area (Å²) < 4.78 is 13.3. The summed E-state index contributed by atoms with van der Waals surface area (Å²) in [7, 11) is -1.35. The number of carbonyl (C=O) groups excluding carboxylic acids is 1. The number of rotatable bonds is 6. The standard InChI is InChI=1S/C25H25NO2S/c27-25-24(29(28)23-14-8-3-9-15-23)17-22(16-20-10-4-1-5-11-20)19-26(25)18-21-12-6-2-7-13-21/h1-15,22,24H,16-19H2. The van der Waals surface area contributed by atoms with Crippen molar-refractivity contribution in [3.8, 4) is 0 Å². The topological polar surface area (TPSA) is 37.4 Å². The van der Waals surface area contributed by atoms with Gasteiger partial charge in [0.25, 0.3) is 0 Å². The Morgan fingerprint density at radius 2 is 1.34 bits per heavy atom. The largest absolute Gasteiger partial charge is 0.337 e. The molecule has 4 rings (SSSR count). The highest BCUT2D eigenvalue weighted by Gasteiger charge is 2.38. The van der Waals surface area contributed by atoms with Crippen LogP contribution in [0.15, 0.2) is 95.9 Å². The predicted octanol–water partition coefficient (Wildman–Crippen LogP) is 4.45. The van der Waals surface area contributed by atoms with Crippen LogP contribution < -0.4 is 0 Å². The van der Waals surface area contributed by atoms with E-state index in [1.54, 1.807) is 0 Å². The molecule has 1 saturated heterocycles. The van der Waals surface area contributed by atoms with Crippen LogP contribution in [-0.2, 0) is 28.6 Å². The number of nitrogens with zero attached hydrogens (tertiary/aromatic N) is 1. The van der Waals surface area contributed by atoms with Crippen molar-refractivity contribution in [2.45, 2.75) is 29.5 Å². The molecule has 0 bridgehead atoms. The molecular formula is C25H25NO2S. The summed E-state index contributed by atoms with van der Waals surface area (Å²) in [4.78, 5) is 15.9. The highest BCUT2D eigenvalue weighted by atomic mass is 32.2. The van der Waals surface area contributed by atoms with Gasteiger partial charge in [-0.1, -0.05) is 78.9 Å². The minimum atomic E-state index is -1.35. The molecule has 3 atom stereocenters. The third kappa shape index (κ3) is 4.83. The van der Waals surface area contributed by atoms with Crippen molar-refractivity contribution in [1.29, 1.82) is 0 Å². The average Bonchev–Trinajstić information content (AvgIpc) is 2.77. The zero-order chi connectivity index (χ0) is 20.1. The van der Waals surface area contributed by atoms with Gasteiger partial charge in [0, 0.05) is 18.0 Å². The van der Waals surface area contributed by atoms with E-state index in [1.165, 1.54) is 5.56 Å². The van der Waals surface area contributed by atoms with Crippen LogP contribution >= 0.6 is 0 Å². The van der Waals surface area contributed by atoms with Crippen LogP contribution in [0.3, 0.4) is 0 Å². The van der Waals surface area contributed by atoms with Gasteiger partial charge >= 0.3 is 0 Å². The molecule has 1 aliphatic heterocycles. The number of hydrogen-bond donors (Lipinski definition) is 0. The number of likely N-dealkylation sites (tertiary alicyclic amines) is 1. The normalized spacial score (nSPS) is 20.4. The van der Waals surface area contributed by atoms with E-state index in [0.717, 1.165) is 16.9 Å². The number of amides is 1. The Balaban J connectivity index is 1.58. The third-order valence-electron chi connectivity index (χ3n) is 5.43. The summed E-state index contributed by atoms with van der Waals surface area (Å²) in [6, 6.07) is 29.8. The minimum Gasteiger partial charge on any atom is -0.337 e. The molecule has 0 saturated carbocycles. The van der Waals surface area contributed by atoms with E-state index in [0.29, 0.717) is 19.5 Å². The van der Waals surface area contributed by atoms with Gasteiger partial charge in [0.05, 0.1) is 10.8 Å². The molecule has 29 heavy (non-hydrogen) atoms. The molecule has 3 aromatic carbocycles. The fourth-order valence-electron chi connectivity index (χ4n) is 4.02. The van der Waals surface area contributed by atoms with Gasteiger partial charge in [0.1, 0.15) is 5.25 Å². The monoisotopic (exact) mass is 403 g/mol. The number of piperidine rings is 1. The van der Waals surface area contributed by atoms with Crippen LogP contribution in [0.2, 0.25) is 0 Å². The first kappa shape index (κ1) is 19.6. The Kier molecular flexibility index (Phi) is 6.20. The van der Waals surface area contributed by atoms with E-state index in [1.807, 2.05) is 83.8 Å². The summed E-state index contributed by atoms with van der Waals surface area (Å²) in [5.74, 6) is 0.289. The number of carbonyl (C=O) groups is 1. The molecule has 4 heteroatoms. The van der Waals surface area contributed by atoms with Gasteiger partial charge < -0.3 is 4.90 Å². The molecule has 1 fully saturated rings. The molecule has 1 amide bonds. The fraction of sp³-hybridized carbons (Fsp3) is 0.240. The van der Waals surface area contributed by atoms with E-state index in [4.69, 9.17) is 0 Å². The Labute approximate surface area is 174 Å². The molecule has 3 unspecified atom stereocenters. The van der Waals surface area contributed by atoms with Crippen LogP contribution in [0.25, 0.3) is 0 Å². The fourth-order valence-corrected chi connectivity index (χ4v) is 5.56. The lowest BCUT2D eigenvalue weighted by Gasteiger charge is -2.37. The molecule has 0 radical (unpaired) electrons. The lowest BCUT2D eigenvalue weighted by atomic mass is 9.90. The molecule has 0 spiro atoms. The molecule has 1 aliphatic rings. The quantitative estimate of drug-likeness (QED) is 0.610. The van der Waals surface area contributed by atoms with Gasteiger partial charge in [-0.3, -0.25) is 9.00 Å². The third-order valence-corrected chi connectivity index (χ3v) is 7.08. The second-order valence-corrected chi connectivity index (χ2v) is 9.23. The Morgan fingerprint density at radius 3 is 1.97 bits per heavy atom. The van der Waals surface area contributed by atoms with E-state index >= 15 is 0 Å². The van der Waals surface area contributed by atoms with Crippen LogP contribution in [0, 0.1) is 5.92 Å². The van der Waals surface area contributed by atoms with Gasteiger partial charge in [-0.2, -0.15) is 0 Å². The molecule has 0 aromatic heterocycles. The zero-order valence-corrected chi connectivity index (χ0v) is 17.1. The number of hydrogen-bond acceptors (Lipinski definition) is 2. The SMILES string of the molecule is O=C1C(S(=O)c2ccccc2)CC(Cc2ccccc2)CN1Cc1ccccc1. The maximum atomic E-state index is 13.3. The second kappa shape index (κ2) is 9.19. The van der Waals surface area contributed by atoms with Gasteiger partial charge in [-0.15, -0.1) is 0 Å². The van der Waals surface area contributed by atoms with E-state index in [2.05, 4.69) is 12.1 Å². The van der Waals surface area contributed by atoms with Gasteiger partial charge in [0.15, 0.2) is 0 Å². The summed E-state index contributed by atoms with van der Waals surface area (Å²) in [6.07, 6.45) is 1.54. The smallest absolute Gasteiger partial charge is 0.239 e. The van der Waals surface area contributed by atoms with Gasteiger partial charge in [0.2, 0.25) is 5.91 Å². The minimum absolute atomic E-state index is 0.000325. The molecule has 3 aromatic rings. The van der Waals surface area contributed by atoms with Crippen molar-refractivity contribution in [3.63, 3.8) is 0 Å². The summed E-state index contributed by atoms with van der Waals surface area (Å²) >= 11 is 0. The van der Waals surface area contributed by atoms with Crippen LogP contribution in [0.4, 0.5) is 0 Å². The molecule has 0 aliphatic carbocycles. The van der Waals surface area contributed by atoms with Crippen molar-refractivity contribution in [3.05, 3.63) is 102 Å². The molecular weight excluding hydrogens is 378 g/mol. The molecule has 148 valence electrons. The first-order valence-corrected chi connectivity index (χ1v) is 11.2. The summed E-state index contributed by atoms with van der Waals surface area (Å²) in [6.45, 7) is 1.26. The van der Waals surface area contributed by atoms with E-state index < -0.39 is 16.0 Å². The molecule has 0 N–H and O–H groups in total. The second-order valence-electron chi connectivity index (χ2n) is 7.59. The van der Waals surface area contributed by atoms with Crippen molar-refractivity contribution in [1.82, 2.24) is 4.90 Å². The predicted molar refractivity (Wildman–Crippen MR) is 117 cm³/mol. The highest BCUT2D eigenvalue weighted by Crippen LogP contribution is 2.28. The van der Waals surface area contributed by atoms with Crippen molar-refractivity contribution >= 4 is 16.7 Å². The van der Waals surface area contributed by atoms with Crippen LogP contribution in [0.5, 0.6) is 0 Å². The molecule has 3 nitrogen and oxygen atoms in total. The van der Waals surface area contributed by atoms with Gasteiger partial charge in [-0.05, 0) is 42.0 Å². The van der Waals surface area contributed by atoms with Crippen molar-refractivity contribution in [2.75, 3.05) is 6.54 Å².